The van der Waals surface area contributed by atoms with Crippen LogP contribution >= 0.6 is 0 Å². The van der Waals surface area contributed by atoms with Crippen molar-refractivity contribution in [1.82, 2.24) is 0 Å². The zero-order valence-corrected chi connectivity index (χ0v) is 11.8. The smallest absolute Gasteiger partial charge is 1.00 e. The van der Waals surface area contributed by atoms with Gasteiger partial charge in [0.05, 0.1) is 0 Å². The largest absolute Gasteiger partial charge is 1.00 e. The molecule has 0 bridgehead atoms. The van der Waals surface area contributed by atoms with Crippen molar-refractivity contribution in [3.63, 3.8) is 0 Å². The first kappa shape index (κ1) is 14.6. The van der Waals surface area contributed by atoms with Gasteiger partial charge in [0.25, 0.3) is 0 Å². The Morgan fingerprint density at radius 2 is 1.61 bits per heavy atom. The predicted molar refractivity (Wildman–Crippen MR) is 62.3 cm³/mol. The second kappa shape index (κ2) is 6.44. The third-order valence-corrected chi connectivity index (χ3v) is 2.17. The molecule has 5 heteroatoms. The average Bonchev–Trinajstić information content (AvgIpc) is 2.32. The van der Waals surface area contributed by atoms with Gasteiger partial charge in [0.1, 0.15) is 22.8 Å². The number of rotatable bonds is 2. The van der Waals surface area contributed by atoms with Gasteiger partial charge in [0, 0.05) is 0 Å². The summed E-state index contributed by atoms with van der Waals surface area (Å²) < 4.78 is 5.03. The molecule has 88 valence electrons. The van der Waals surface area contributed by atoms with Gasteiger partial charge in [-0.05, 0) is 36.4 Å². The van der Waals surface area contributed by atoms with E-state index in [4.69, 9.17) is 9.84 Å². The summed E-state index contributed by atoms with van der Waals surface area (Å²) in [7, 11) is 0. The van der Waals surface area contributed by atoms with E-state index in [9.17, 15) is 9.90 Å². The van der Waals surface area contributed by atoms with Crippen LogP contribution in [-0.4, -0.2) is 16.2 Å². The fourth-order valence-corrected chi connectivity index (χ4v) is 1.32. The summed E-state index contributed by atoms with van der Waals surface area (Å²) in [6.45, 7) is 0. The van der Waals surface area contributed by atoms with Gasteiger partial charge < -0.3 is 16.4 Å². The minimum absolute atomic E-state index is 0. The van der Waals surface area contributed by atoms with Crippen molar-refractivity contribution >= 4 is 5.97 Å². The van der Waals surface area contributed by atoms with E-state index < -0.39 is 5.97 Å². The molecule has 0 unspecified atom stereocenters. The van der Waals surface area contributed by atoms with Crippen molar-refractivity contribution in [2.45, 2.75) is 0 Å². The van der Waals surface area contributed by atoms with E-state index in [1.54, 1.807) is 12.1 Å². The maximum absolute atomic E-state index is 11.7. The monoisotopic (exact) mass is 254 g/mol. The molecule has 18 heavy (non-hydrogen) atoms. The summed E-state index contributed by atoms with van der Waals surface area (Å²) >= 11 is 0. The van der Waals surface area contributed by atoms with Gasteiger partial charge >= 0.3 is 35.5 Å². The Morgan fingerprint density at radius 3 is 2.22 bits per heavy atom. The number of benzene rings is 2. The Morgan fingerprint density at radius 1 is 1.00 bits per heavy atom. The first-order valence-electron chi connectivity index (χ1n) is 4.96. The second-order valence-corrected chi connectivity index (χ2v) is 3.40. The third-order valence-electron chi connectivity index (χ3n) is 2.17. The molecule has 0 aromatic heterocycles. The molecule has 2 aromatic carbocycles. The first-order valence-corrected chi connectivity index (χ1v) is 4.96. The number of aromatic hydroxyl groups is 2. The minimum Gasteiger partial charge on any atom is -1.00 e. The molecule has 0 saturated carbocycles. The SMILES string of the molecule is O=C(Oc1ccc(O)cc1)c1ccccc1O.[H-].[Na+]. The normalized spacial score (nSPS) is 9.33. The van der Waals surface area contributed by atoms with Gasteiger partial charge in [-0.25, -0.2) is 4.79 Å². The van der Waals surface area contributed by atoms with Gasteiger partial charge in [0.15, 0.2) is 0 Å². The number of esters is 1. The van der Waals surface area contributed by atoms with E-state index in [1.165, 1.54) is 36.4 Å². The van der Waals surface area contributed by atoms with Crippen molar-refractivity contribution in [2.75, 3.05) is 0 Å². The standard InChI is InChI=1S/C13H10O4.Na.H/c14-9-5-7-10(8-6-9)17-13(16)11-3-1-2-4-12(11)15;;/h1-8,14-15H;;/q;+1;-1. The van der Waals surface area contributed by atoms with E-state index in [0.717, 1.165) is 0 Å². The van der Waals surface area contributed by atoms with Gasteiger partial charge in [-0.3, -0.25) is 0 Å². The Kier molecular flexibility index (Phi) is 5.22. The number of phenolic OH excluding ortho intramolecular Hbond substituents is 2. The van der Waals surface area contributed by atoms with Crippen LogP contribution in [0.5, 0.6) is 17.2 Å². The Labute approximate surface area is 128 Å². The van der Waals surface area contributed by atoms with Crippen LogP contribution in [0.1, 0.15) is 11.8 Å². The van der Waals surface area contributed by atoms with E-state index >= 15 is 0 Å². The van der Waals surface area contributed by atoms with Crippen LogP contribution in [-0.2, 0) is 0 Å². The topological polar surface area (TPSA) is 66.8 Å². The zero-order valence-electron chi connectivity index (χ0n) is 10.8. The molecule has 4 nitrogen and oxygen atoms in total. The number of para-hydroxylation sites is 1. The number of hydrogen-bond acceptors (Lipinski definition) is 4. The van der Waals surface area contributed by atoms with E-state index in [1.807, 2.05) is 0 Å². The minimum atomic E-state index is -0.645. The molecule has 0 aliphatic rings. The number of carbonyl (C=O) groups excluding carboxylic acids is 1. The Balaban J connectivity index is 0.00000162. The average molecular weight is 254 g/mol. The molecule has 0 amide bonds. The molecule has 0 spiro atoms. The summed E-state index contributed by atoms with van der Waals surface area (Å²) in [5.74, 6) is -0.381. The van der Waals surface area contributed by atoms with Crippen LogP contribution in [0.15, 0.2) is 48.5 Å². The summed E-state index contributed by atoms with van der Waals surface area (Å²) in [4.78, 5) is 11.7. The molecule has 0 radical (unpaired) electrons. The maximum atomic E-state index is 11.7. The van der Waals surface area contributed by atoms with Gasteiger partial charge in [-0.2, -0.15) is 0 Å². The molecule has 0 atom stereocenters. The van der Waals surface area contributed by atoms with Crippen LogP contribution in [0.2, 0.25) is 0 Å². The predicted octanol–water partition coefficient (Wildman–Crippen LogP) is -0.567. The van der Waals surface area contributed by atoms with Crippen LogP contribution in [0.4, 0.5) is 0 Å². The van der Waals surface area contributed by atoms with E-state index in [-0.39, 0.29) is 48.0 Å². The van der Waals surface area contributed by atoms with Gasteiger partial charge in [-0.1, -0.05) is 12.1 Å². The van der Waals surface area contributed by atoms with Gasteiger partial charge in [-0.15, -0.1) is 0 Å². The van der Waals surface area contributed by atoms with E-state index in [0.29, 0.717) is 5.75 Å². The molecule has 0 aliphatic heterocycles. The van der Waals surface area contributed by atoms with Crippen molar-refractivity contribution < 1.29 is 50.7 Å². The van der Waals surface area contributed by atoms with Gasteiger partial charge in [0.2, 0.25) is 0 Å². The summed E-state index contributed by atoms with van der Waals surface area (Å²) in [5, 5.41) is 18.5. The molecule has 2 rings (SSSR count). The Bertz CT molecular complexity index is 543. The van der Waals surface area contributed by atoms with Crippen LogP contribution < -0.4 is 34.3 Å². The fourth-order valence-electron chi connectivity index (χ4n) is 1.32. The number of carbonyl (C=O) groups is 1. The van der Waals surface area contributed by atoms with Crippen LogP contribution in [0.3, 0.4) is 0 Å². The molecule has 0 heterocycles. The summed E-state index contributed by atoms with van der Waals surface area (Å²) in [6.07, 6.45) is 0. The quantitative estimate of drug-likeness (QED) is 0.428. The summed E-state index contributed by atoms with van der Waals surface area (Å²) in [5.41, 5.74) is 0.0978. The molecular weight excluding hydrogens is 243 g/mol. The number of ether oxygens (including phenoxy) is 1. The number of phenols is 2. The zero-order chi connectivity index (χ0) is 12.3. The van der Waals surface area contributed by atoms with Crippen LogP contribution in [0.25, 0.3) is 0 Å². The fraction of sp³-hybridized carbons (Fsp3) is 0. The number of hydrogen-bond donors (Lipinski definition) is 2. The van der Waals surface area contributed by atoms with Crippen molar-refractivity contribution in [3.05, 3.63) is 54.1 Å². The Hall–Kier alpha value is -1.49. The second-order valence-electron chi connectivity index (χ2n) is 3.40. The molecular formula is C13H11NaO4. The molecule has 0 aliphatic carbocycles. The molecule has 2 aromatic rings. The van der Waals surface area contributed by atoms with Crippen LogP contribution in [0, 0.1) is 0 Å². The molecule has 0 fully saturated rings. The van der Waals surface area contributed by atoms with Crippen molar-refractivity contribution in [3.8, 4) is 17.2 Å². The van der Waals surface area contributed by atoms with Crippen molar-refractivity contribution in [1.29, 1.82) is 0 Å². The first-order chi connectivity index (χ1) is 8.16. The third kappa shape index (κ3) is 3.50. The maximum Gasteiger partial charge on any atom is 1.00 e. The van der Waals surface area contributed by atoms with Crippen molar-refractivity contribution in [2.24, 2.45) is 0 Å². The molecule has 0 saturated heterocycles. The van der Waals surface area contributed by atoms with E-state index in [2.05, 4.69) is 0 Å². The summed E-state index contributed by atoms with van der Waals surface area (Å²) in [6, 6.07) is 11.9. The molecule has 2 N–H and O–H groups in total.